The van der Waals surface area contributed by atoms with Gasteiger partial charge in [-0.25, -0.2) is 0 Å². The fraction of sp³-hybridized carbons (Fsp3) is 1.00. The van der Waals surface area contributed by atoms with E-state index >= 15 is 0 Å². The molecule has 13 heavy (non-hydrogen) atoms. The van der Waals surface area contributed by atoms with E-state index in [0.29, 0.717) is 26.1 Å². The highest BCUT2D eigenvalue weighted by Crippen LogP contribution is 2.31. The van der Waals surface area contributed by atoms with Crippen LogP contribution in [0.1, 0.15) is 19.8 Å². The Morgan fingerprint density at radius 2 is 1.62 bits per heavy atom. The minimum atomic E-state index is -0.185. The summed E-state index contributed by atoms with van der Waals surface area (Å²) in [7, 11) is 0. The Morgan fingerprint density at radius 3 is 2.00 bits per heavy atom. The van der Waals surface area contributed by atoms with Gasteiger partial charge in [0.15, 0.2) is 6.29 Å². The molecule has 0 aromatic heterocycles. The van der Waals surface area contributed by atoms with Crippen LogP contribution in [0.2, 0.25) is 0 Å². The van der Waals surface area contributed by atoms with Crippen molar-refractivity contribution in [2.45, 2.75) is 26.1 Å². The molecule has 0 spiro atoms. The molecule has 0 saturated carbocycles. The first kappa shape index (κ1) is 10.9. The van der Waals surface area contributed by atoms with Crippen molar-refractivity contribution in [1.82, 2.24) is 0 Å². The van der Waals surface area contributed by atoms with Gasteiger partial charge >= 0.3 is 0 Å². The van der Waals surface area contributed by atoms with Gasteiger partial charge in [0.25, 0.3) is 0 Å². The molecule has 2 N–H and O–H groups in total. The lowest BCUT2D eigenvalue weighted by molar-refractivity contribution is -0.226. The van der Waals surface area contributed by atoms with Crippen LogP contribution in [-0.4, -0.2) is 42.9 Å². The molecule has 78 valence electrons. The zero-order valence-electron chi connectivity index (χ0n) is 8.03. The standard InChI is InChI=1S/C9H18O4/c1-8-12-6-9(2-4-10,3-5-11)7-13-8/h8,10-11H,2-7H2,1H3. The molecule has 0 aliphatic carbocycles. The molecule has 1 aliphatic heterocycles. The highest BCUT2D eigenvalue weighted by atomic mass is 16.7. The van der Waals surface area contributed by atoms with E-state index in [2.05, 4.69) is 0 Å². The second-order valence-corrected chi connectivity index (χ2v) is 3.64. The third-order valence-electron chi connectivity index (χ3n) is 2.53. The maximum absolute atomic E-state index is 8.88. The quantitative estimate of drug-likeness (QED) is 0.661. The van der Waals surface area contributed by atoms with E-state index in [4.69, 9.17) is 19.7 Å². The minimum Gasteiger partial charge on any atom is -0.396 e. The highest BCUT2D eigenvalue weighted by molar-refractivity contribution is 4.81. The van der Waals surface area contributed by atoms with E-state index < -0.39 is 0 Å². The fourth-order valence-electron chi connectivity index (χ4n) is 1.57. The second kappa shape index (κ2) is 4.91. The zero-order valence-corrected chi connectivity index (χ0v) is 8.03. The topological polar surface area (TPSA) is 58.9 Å². The molecule has 0 atom stereocenters. The summed E-state index contributed by atoms with van der Waals surface area (Å²) in [5.41, 5.74) is -0.185. The van der Waals surface area contributed by atoms with E-state index in [1.165, 1.54) is 0 Å². The summed E-state index contributed by atoms with van der Waals surface area (Å²) in [6.45, 7) is 3.20. The van der Waals surface area contributed by atoms with Crippen LogP contribution in [0.3, 0.4) is 0 Å². The first-order valence-corrected chi connectivity index (χ1v) is 4.67. The van der Waals surface area contributed by atoms with Crippen molar-refractivity contribution in [2.24, 2.45) is 5.41 Å². The molecule has 4 nitrogen and oxygen atoms in total. The van der Waals surface area contributed by atoms with Crippen molar-refractivity contribution >= 4 is 0 Å². The third-order valence-corrected chi connectivity index (χ3v) is 2.53. The van der Waals surface area contributed by atoms with Crippen LogP contribution in [0.5, 0.6) is 0 Å². The van der Waals surface area contributed by atoms with Gasteiger partial charge in [0.2, 0.25) is 0 Å². The van der Waals surface area contributed by atoms with Crippen LogP contribution >= 0.6 is 0 Å². The van der Waals surface area contributed by atoms with Crippen LogP contribution < -0.4 is 0 Å². The van der Waals surface area contributed by atoms with Gasteiger partial charge in [0, 0.05) is 18.6 Å². The summed E-state index contributed by atoms with van der Waals surface area (Å²) in [5.74, 6) is 0. The molecule has 0 aromatic carbocycles. The summed E-state index contributed by atoms with van der Waals surface area (Å²) in [4.78, 5) is 0. The third kappa shape index (κ3) is 2.91. The molecule has 1 heterocycles. The Kier molecular flexibility index (Phi) is 4.12. The van der Waals surface area contributed by atoms with Crippen LogP contribution in [0.4, 0.5) is 0 Å². The molecule has 0 amide bonds. The molecule has 0 aromatic rings. The predicted octanol–water partition coefficient (Wildman–Crippen LogP) is 0.130. The number of hydrogen-bond acceptors (Lipinski definition) is 4. The Balaban J connectivity index is 2.47. The van der Waals surface area contributed by atoms with Gasteiger partial charge in [-0.05, 0) is 19.8 Å². The average Bonchev–Trinajstić information content (AvgIpc) is 2.11. The Morgan fingerprint density at radius 1 is 1.15 bits per heavy atom. The molecule has 1 fully saturated rings. The lowest BCUT2D eigenvalue weighted by Gasteiger charge is -2.38. The van der Waals surface area contributed by atoms with Crippen molar-refractivity contribution in [2.75, 3.05) is 26.4 Å². The largest absolute Gasteiger partial charge is 0.396 e. The summed E-state index contributed by atoms with van der Waals surface area (Å²) < 4.78 is 10.7. The zero-order chi connectivity index (χ0) is 9.73. The molecule has 0 radical (unpaired) electrons. The van der Waals surface area contributed by atoms with Gasteiger partial charge < -0.3 is 19.7 Å². The summed E-state index contributed by atoms with van der Waals surface area (Å²) in [6.07, 6.45) is 1.09. The minimum absolute atomic E-state index is 0.112. The first-order chi connectivity index (χ1) is 6.22. The average molecular weight is 190 g/mol. The molecule has 0 bridgehead atoms. The first-order valence-electron chi connectivity index (χ1n) is 4.67. The van der Waals surface area contributed by atoms with Crippen molar-refractivity contribution < 1.29 is 19.7 Å². The molecule has 1 saturated heterocycles. The Bertz CT molecular complexity index is 133. The van der Waals surface area contributed by atoms with E-state index in [-0.39, 0.29) is 24.9 Å². The lowest BCUT2D eigenvalue weighted by Crippen LogP contribution is -2.42. The lowest BCUT2D eigenvalue weighted by atomic mass is 9.83. The van der Waals surface area contributed by atoms with Gasteiger partial charge in [-0.3, -0.25) is 0 Å². The molecule has 1 rings (SSSR count). The van der Waals surface area contributed by atoms with Crippen molar-refractivity contribution in [3.63, 3.8) is 0 Å². The van der Waals surface area contributed by atoms with Crippen LogP contribution in [0.15, 0.2) is 0 Å². The monoisotopic (exact) mass is 190 g/mol. The fourth-order valence-corrected chi connectivity index (χ4v) is 1.57. The highest BCUT2D eigenvalue weighted by Gasteiger charge is 2.34. The van der Waals surface area contributed by atoms with Gasteiger partial charge in [0.05, 0.1) is 13.2 Å². The van der Waals surface area contributed by atoms with E-state index in [9.17, 15) is 0 Å². The number of aliphatic hydroxyl groups is 2. The van der Waals surface area contributed by atoms with Gasteiger partial charge in [-0.1, -0.05) is 0 Å². The van der Waals surface area contributed by atoms with Crippen LogP contribution in [0.25, 0.3) is 0 Å². The SMILES string of the molecule is CC1OCC(CCO)(CCO)CO1. The second-order valence-electron chi connectivity index (χ2n) is 3.64. The van der Waals surface area contributed by atoms with Crippen molar-refractivity contribution in [3.05, 3.63) is 0 Å². The summed E-state index contributed by atoms with van der Waals surface area (Å²) in [5, 5.41) is 17.8. The normalized spacial score (nSPS) is 23.3. The predicted molar refractivity (Wildman–Crippen MR) is 47.2 cm³/mol. The smallest absolute Gasteiger partial charge is 0.154 e. The maximum atomic E-state index is 8.88. The van der Waals surface area contributed by atoms with Crippen LogP contribution in [-0.2, 0) is 9.47 Å². The van der Waals surface area contributed by atoms with Gasteiger partial charge in [-0.15, -0.1) is 0 Å². The van der Waals surface area contributed by atoms with Crippen molar-refractivity contribution in [3.8, 4) is 0 Å². The Hall–Kier alpha value is -0.160. The van der Waals surface area contributed by atoms with Gasteiger partial charge in [0.1, 0.15) is 0 Å². The molecule has 1 aliphatic rings. The van der Waals surface area contributed by atoms with Gasteiger partial charge in [-0.2, -0.15) is 0 Å². The number of rotatable bonds is 4. The molecular weight excluding hydrogens is 172 g/mol. The molecular formula is C9H18O4. The Labute approximate surface area is 78.5 Å². The number of aliphatic hydroxyl groups excluding tert-OH is 2. The van der Waals surface area contributed by atoms with E-state index in [0.717, 1.165) is 0 Å². The van der Waals surface area contributed by atoms with Crippen molar-refractivity contribution in [1.29, 1.82) is 0 Å². The maximum Gasteiger partial charge on any atom is 0.154 e. The number of ether oxygens (including phenoxy) is 2. The molecule has 0 unspecified atom stereocenters. The molecule has 4 heteroatoms. The summed E-state index contributed by atoms with van der Waals surface area (Å²) >= 11 is 0. The summed E-state index contributed by atoms with van der Waals surface area (Å²) in [6, 6.07) is 0. The van der Waals surface area contributed by atoms with E-state index in [1.54, 1.807) is 0 Å². The number of hydrogen-bond donors (Lipinski definition) is 2. The van der Waals surface area contributed by atoms with E-state index in [1.807, 2.05) is 6.92 Å². The van der Waals surface area contributed by atoms with Crippen LogP contribution in [0, 0.1) is 5.41 Å².